The van der Waals surface area contributed by atoms with E-state index in [0.29, 0.717) is 16.6 Å². The Kier molecular flexibility index (Phi) is 4.66. The number of nitrogens with one attached hydrogen (secondary N) is 1. The first-order chi connectivity index (χ1) is 10.6. The molecule has 112 valence electrons. The molecular weight excluding hydrogens is 336 g/mol. The second-order valence-corrected chi connectivity index (χ2v) is 6.92. The van der Waals surface area contributed by atoms with Crippen LogP contribution in [-0.2, 0) is 11.2 Å². The normalized spacial score (nSPS) is 12.3. The zero-order valence-corrected chi connectivity index (χ0v) is 14.0. The number of hydrogen-bond acceptors (Lipinski definition) is 4. The van der Waals surface area contributed by atoms with Gasteiger partial charge in [-0.25, -0.2) is 4.98 Å². The molecule has 0 bridgehead atoms. The van der Waals surface area contributed by atoms with Gasteiger partial charge in [0.25, 0.3) is 0 Å². The molecule has 0 saturated heterocycles. The van der Waals surface area contributed by atoms with Gasteiger partial charge in [0, 0.05) is 5.02 Å². The number of aromatic nitrogens is 1. The van der Waals surface area contributed by atoms with Gasteiger partial charge in [0.1, 0.15) is 0 Å². The van der Waals surface area contributed by atoms with Gasteiger partial charge in [0.15, 0.2) is 5.13 Å². The minimum absolute atomic E-state index is 0.155. The number of halogens is 1. The van der Waals surface area contributed by atoms with Gasteiger partial charge in [-0.15, -0.1) is 0 Å². The van der Waals surface area contributed by atoms with Gasteiger partial charge in [-0.3, -0.25) is 4.79 Å². The van der Waals surface area contributed by atoms with Crippen molar-refractivity contribution in [2.24, 2.45) is 0 Å². The fraction of sp³-hybridized carbons (Fsp3) is 0.125. The highest BCUT2D eigenvalue weighted by Gasteiger charge is 2.16. The lowest BCUT2D eigenvalue weighted by atomic mass is 10.1. The summed E-state index contributed by atoms with van der Waals surface area (Å²) < 4.78 is 0.946. The molecule has 0 aliphatic heterocycles. The number of fused-ring (bicyclic) bond motifs is 1. The van der Waals surface area contributed by atoms with E-state index in [1.807, 2.05) is 42.5 Å². The van der Waals surface area contributed by atoms with Crippen LogP contribution in [0, 0.1) is 0 Å². The number of nitrogens with zero attached hydrogens (tertiary/aromatic N) is 1. The molecule has 3 nitrogen and oxygen atoms in total. The van der Waals surface area contributed by atoms with Crippen LogP contribution in [0.2, 0.25) is 5.02 Å². The first-order valence-corrected chi connectivity index (χ1v) is 8.42. The van der Waals surface area contributed by atoms with Crippen molar-refractivity contribution in [1.82, 2.24) is 4.98 Å². The van der Waals surface area contributed by atoms with Crippen molar-refractivity contribution in [1.29, 1.82) is 0 Å². The third kappa shape index (κ3) is 3.61. The van der Waals surface area contributed by atoms with Crippen LogP contribution >= 0.6 is 35.6 Å². The van der Waals surface area contributed by atoms with Crippen molar-refractivity contribution in [2.75, 3.05) is 5.32 Å². The van der Waals surface area contributed by atoms with E-state index in [9.17, 15) is 4.79 Å². The number of hydrogen-bond donors (Lipinski definition) is 2. The fourth-order valence-electron chi connectivity index (χ4n) is 2.07. The first-order valence-electron chi connectivity index (χ1n) is 6.71. The van der Waals surface area contributed by atoms with E-state index in [1.54, 1.807) is 6.07 Å². The van der Waals surface area contributed by atoms with E-state index in [2.05, 4.69) is 22.9 Å². The van der Waals surface area contributed by atoms with Crippen LogP contribution in [0.1, 0.15) is 5.56 Å². The summed E-state index contributed by atoms with van der Waals surface area (Å²) in [6.07, 6.45) is 0.576. The molecule has 6 heteroatoms. The molecule has 1 aromatic heterocycles. The third-order valence-corrected chi connectivity index (χ3v) is 4.74. The summed E-state index contributed by atoms with van der Waals surface area (Å²) in [7, 11) is 0. The summed E-state index contributed by atoms with van der Waals surface area (Å²) in [6, 6.07) is 15.3. The predicted octanol–water partition coefficient (Wildman–Crippen LogP) is 4.43. The van der Waals surface area contributed by atoms with E-state index in [0.717, 1.165) is 15.8 Å². The van der Waals surface area contributed by atoms with Crippen molar-refractivity contribution < 1.29 is 4.79 Å². The standard InChI is InChI=1S/C16H13ClN2OS2/c17-11-6-7-12-14(9-11)22-16(18-12)19-15(20)13(21)8-10-4-2-1-3-5-10/h1-7,9,13,21H,8H2,(H,18,19,20). The predicted molar refractivity (Wildman–Crippen MR) is 96.2 cm³/mol. The number of thiazole rings is 1. The molecule has 3 rings (SSSR count). The molecule has 1 atom stereocenters. The fourth-order valence-corrected chi connectivity index (χ4v) is 3.49. The number of carbonyl (C=O) groups is 1. The van der Waals surface area contributed by atoms with Gasteiger partial charge in [-0.1, -0.05) is 53.3 Å². The van der Waals surface area contributed by atoms with Crippen LogP contribution in [0.15, 0.2) is 48.5 Å². The quantitative estimate of drug-likeness (QED) is 0.685. The molecule has 3 aromatic rings. The first kappa shape index (κ1) is 15.3. The molecule has 1 unspecified atom stereocenters. The number of anilines is 1. The SMILES string of the molecule is O=C(Nc1nc2ccc(Cl)cc2s1)C(S)Cc1ccccc1. The Bertz CT molecular complexity index is 804. The highest BCUT2D eigenvalue weighted by molar-refractivity contribution is 7.81. The molecular formula is C16H13ClN2OS2. The molecule has 0 spiro atoms. The lowest BCUT2D eigenvalue weighted by Crippen LogP contribution is -2.25. The molecule has 0 aliphatic carbocycles. The van der Waals surface area contributed by atoms with Crippen LogP contribution < -0.4 is 5.32 Å². The Morgan fingerprint density at radius 2 is 2.05 bits per heavy atom. The van der Waals surface area contributed by atoms with Gasteiger partial charge >= 0.3 is 0 Å². The Labute approximate surface area is 142 Å². The van der Waals surface area contributed by atoms with Crippen LogP contribution in [0.3, 0.4) is 0 Å². The summed E-state index contributed by atoms with van der Waals surface area (Å²) in [5.41, 5.74) is 1.90. The number of amides is 1. The second-order valence-electron chi connectivity index (χ2n) is 4.83. The number of rotatable bonds is 4. The minimum atomic E-state index is -0.419. The highest BCUT2D eigenvalue weighted by Crippen LogP contribution is 2.28. The van der Waals surface area contributed by atoms with E-state index in [4.69, 9.17) is 11.6 Å². The van der Waals surface area contributed by atoms with E-state index in [-0.39, 0.29) is 5.91 Å². The largest absolute Gasteiger partial charge is 0.301 e. The van der Waals surface area contributed by atoms with Crippen molar-refractivity contribution in [2.45, 2.75) is 11.7 Å². The van der Waals surface area contributed by atoms with Crippen LogP contribution in [0.5, 0.6) is 0 Å². The summed E-state index contributed by atoms with van der Waals surface area (Å²) in [5.74, 6) is -0.155. The Morgan fingerprint density at radius 3 is 2.82 bits per heavy atom. The smallest absolute Gasteiger partial charge is 0.239 e. The van der Waals surface area contributed by atoms with E-state index < -0.39 is 5.25 Å². The maximum Gasteiger partial charge on any atom is 0.239 e. The molecule has 1 amide bonds. The molecule has 2 aromatic carbocycles. The molecule has 1 heterocycles. The van der Waals surface area contributed by atoms with Crippen molar-refractivity contribution >= 4 is 56.8 Å². The average molecular weight is 349 g/mol. The van der Waals surface area contributed by atoms with Gasteiger partial charge in [-0.05, 0) is 30.2 Å². The van der Waals surface area contributed by atoms with Gasteiger partial charge in [-0.2, -0.15) is 12.6 Å². The Morgan fingerprint density at radius 1 is 1.27 bits per heavy atom. The van der Waals surface area contributed by atoms with Gasteiger partial charge in [0.2, 0.25) is 5.91 Å². The van der Waals surface area contributed by atoms with Crippen LogP contribution in [0.25, 0.3) is 10.2 Å². The summed E-state index contributed by atoms with van der Waals surface area (Å²) in [6.45, 7) is 0. The molecule has 1 N–H and O–H groups in total. The molecule has 0 fully saturated rings. The summed E-state index contributed by atoms with van der Waals surface area (Å²) >= 11 is 11.7. The molecule has 0 radical (unpaired) electrons. The number of benzene rings is 2. The second kappa shape index (κ2) is 6.69. The number of carbonyl (C=O) groups excluding carboxylic acids is 1. The van der Waals surface area contributed by atoms with E-state index >= 15 is 0 Å². The van der Waals surface area contributed by atoms with E-state index in [1.165, 1.54) is 11.3 Å². The summed E-state index contributed by atoms with van der Waals surface area (Å²) in [5, 5.41) is 3.62. The van der Waals surface area contributed by atoms with Crippen molar-refractivity contribution in [3.63, 3.8) is 0 Å². The molecule has 0 saturated carbocycles. The highest BCUT2D eigenvalue weighted by atomic mass is 35.5. The summed E-state index contributed by atoms with van der Waals surface area (Å²) in [4.78, 5) is 16.6. The van der Waals surface area contributed by atoms with Crippen LogP contribution in [-0.4, -0.2) is 16.1 Å². The zero-order chi connectivity index (χ0) is 15.5. The number of thiol groups is 1. The lowest BCUT2D eigenvalue weighted by molar-refractivity contribution is -0.115. The van der Waals surface area contributed by atoms with Gasteiger partial charge in [0.05, 0.1) is 15.5 Å². The van der Waals surface area contributed by atoms with Crippen molar-refractivity contribution in [3.05, 3.63) is 59.1 Å². The third-order valence-electron chi connectivity index (χ3n) is 3.16. The zero-order valence-electron chi connectivity index (χ0n) is 11.5. The van der Waals surface area contributed by atoms with Crippen LogP contribution in [0.4, 0.5) is 5.13 Å². The van der Waals surface area contributed by atoms with Gasteiger partial charge < -0.3 is 5.32 Å². The Hall–Kier alpha value is -1.56. The lowest BCUT2D eigenvalue weighted by Gasteiger charge is -2.09. The average Bonchev–Trinajstić information content (AvgIpc) is 2.89. The Balaban J connectivity index is 1.69. The topological polar surface area (TPSA) is 42.0 Å². The minimum Gasteiger partial charge on any atom is -0.301 e. The molecule has 22 heavy (non-hydrogen) atoms. The monoisotopic (exact) mass is 348 g/mol. The maximum absolute atomic E-state index is 12.2. The maximum atomic E-state index is 12.2. The molecule has 0 aliphatic rings. The van der Waals surface area contributed by atoms with Crippen molar-refractivity contribution in [3.8, 4) is 0 Å².